The van der Waals surface area contributed by atoms with Gasteiger partial charge in [-0.3, -0.25) is 4.79 Å². The Kier molecular flexibility index (Phi) is 5.79. The van der Waals surface area contributed by atoms with Gasteiger partial charge in [-0.25, -0.2) is 23.1 Å². The number of hydrogen-bond donors (Lipinski definition) is 3. The lowest BCUT2D eigenvalue weighted by atomic mass is 10.0. The molecule has 3 aromatic heterocycles. The Hall–Kier alpha value is -3.40. The van der Waals surface area contributed by atoms with Crippen LogP contribution in [0.25, 0.3) is 5.52 Å². The summed E-state index contributed by atoms with van der Waals surface area (Å²) in [5.41, 5.74) is -0.761. The number of alkyl halides is 2. The van der Waals surface area contributed by atoms with E-state index in [1.54, 1.807) is 19.9 Å². The molecule has 0 saturated carbocycles. The highest BCUT2D eigenvalue weighted by Crippen LogP contribution is 2.22. The van der Waals surface area contributed by atoms with Gasteiger partial charge in [-0.05, 0) is 51.0 Å². The molecule has 10 heteroatoms. The van der Waals surface area contributed by atoms with Gasteiger partial charge in [-0.1, -0.05) is 6.07 Å². The third-order valence-electron chi connectivity index (χ3n) is 4.35. The lowest BCUT2D eigenvalue weighted by Crippen LogP contribution is -2.19. The number of carbonyl (C=O) groups excluding carboxylic acids is 1. The minimum absolute atomic E-state index is 0.0156. The van der Waals surface area contributed by atoms with Gasteiger partial charge in [0.15, 0.2) is 0 Å². The van der Waals surface area contributed by atoms with E-state index in [1.165, 1.54) is 28.9 Å². The molecule has 0 aliphatic carbocycles. The number of carbonyl (C=O) groups is 2. The van der Waals surface area contributed by atoms with E-state index in [2.05, 4.69) is 15.4 Å². The summed E-state index contributed by atoms with van der Waals surface area (Å²) in [5, 5.41) is 26.1. The molecule has 0 atom stereocenters. The van der Waals surface area contributed by atoms with Gasteiger partial charge >= 0.3 is 5.97 Å². The van der Waals surface area contributed by atoms with Gasteiger partial charge in [0, 0.05) is 6.20 Å². The van der Waals surface area contributed by atoms with E-state index in [4.69, 9.17) is 0 Å². The highest BCUT2D eigenvalue weighted by molar-refractivity contribution is 6.07. The Labute approximate surface area is 170 Å². The van der Waals surface area contributed by atoms with Crippen LogP contribution in [0.2, 0.25) is 0 Å². The molecule has 0 radical (unpaired) electrons. The number of aromatic nitrogens is 3. The van der Waals surface area contributed by atoms with E-state index >= 15 is 0 Å². The number of carboxylic acids is 1. The third-order valence-corrected chi connectivity index (χ3v) is 4.35. The maximum atomic E-state index is 12.8. The molecule has 0 aromatic carbocycles. The van der Waals surface area contributed by atoms with Gasteiger partial charge in [-0.15, -0.1) is 0 Å². The number of fused-ring (bicyclic) bond motifs is 1. The standard InChI is InChI=1S/C20H20F2N4O4/c1-20(2,30)7-6-11-8-12-9-16(13(19(28)29)10-26(12)25-11)24-18(27)15-5-3-4-14(23-15)17(21)22/h3-5,8-10,17,30H,6-7H2,1-2H3,(H,24,27)(H,28,29). The first kappa shape index (κ1) is 21.3. The Balaban J connectivity index is 1.92. The van der Waals surface area contributed by atoms with Crippen molar-refractivity contribution < 1.29 is 28.6 Å². The number of halogens is 2. The lowest BCUT2D eigenvalue weighted by molar-refractivity contribution is 0.0694. The van der Waals surface area contributed by atoms with Crippen LogP contribution in [0.5, 0.6) is 0 Å². The van der Waals surface area contributed by atoms with Gasteiger partial charge in [0.2, 0.25) is 0 Å². The van der Waals surface area contributed by atoms with Crippen molar-refractivity contribution in [3.8, 4) is 0 Å². The van der Waals surface area contributed by atoms with E-state index in [9.17, 15) is 28.6 Å². The number of aromatic carboxylic acids is 1. The molecule has 0 unspecified atom stereocenters. The lowest BCUT2D eigenvalue weighted by Gasteiger charge is -2.15. The van der Waals surface area contributed by atoms with Crippen molar-refractivity contribution in [3.63, 3.8) is 0 Å². The van der Waals surface area contributed by atoms with E-state index in [-0.39, 0.29) is 16.9 Å². The van der Waals surface area contributed by atoms with Gasteiger partial charge in [-0.2, -0.15) is 5.10 Å². The van der Waals surface area contributed by atoms with Crippen molar-refractivity contribution in [3.05, 3.63) is 59.2 Å². The van der Waals surface area contributed by atoms with Crippen LogP contribution in [0, 0.1) is 0 Å². The first-order valence-corrected chi connectivity index (χ1v) is 9.08. The fraction of sp³-hybridized carbons (Fsp3) is 0.300. The number of pyridine rings is 2. The Morgan fingerprint density at radius 1 is 1.27 bits per heavy atom. The van der Waals surface area contributed by atoms with Gasteiger partial charge in [0.05, 0.1) is 22.5 Å². The SMILES string of the molecule is CC(C)(O)CCc1cc2cc(NC(=O)c3cccc(C(F)F)n3)c(C(=O)O)cn2n1. The smallest absolute Gasteiger partial charge is 0.339 e. The van der Waals surface area contributed by atoms with Crippen LogP contribution in [-0.2, 0) is 6.42 Å². The molecular formula is C20H20F2N4O4. The van der Waals surface area contributed by atoms with Crippen LogP contribution in [0.4, 0.5) is 14.5 Å². The van der Waals surface area contributed by atoms with Crippen molar-refractivity contribution in [2.75, 3.05) is 5.32 Å². The molecule has 3 N–H and O–H groups in total. The highest BCUT2D eigenvalue weighted by atomic mass is 19.3. The van der Waals surface area contributed by atoms with Gasteiger partial charge in [0.25, 0.3) is 12.3 Å². The van der Waals surface area contributed by atoms with Crippen LogP contribution >= 0.6 is 0 Å². The second-order valence-corrected chi connectivity index (χ2v) is 7.43. The molecule has 3 rings (SSSR count). The largest absolute Gasteiger partial charge is 0.478 e. The number of aryl methyl sites for hydroxylation is 1. The molecule has 0 fully saturated rings. The van der Waals surface area contributed by atoms with Crippen LogP contribution in [0.3, 0.4) is 0 Å². The summed E-state index contributed by atoms with van der Waals surface area (Å²) in [7, 11) is 0. The summed E-state index contributed by atoms with van der Waals surface area (Å²) < 4.78 is 27.0. The molecule has 158 valence electrons. The number of nitrogens with one attached hydrogen (secondary N) is 1. The van der Waals surface area contributed by atoms with E-state index in [0.717, 1.165) is 6.07 Å². The molecule has 30 heavy (non-hydrogen) atoms. The van der Waals surface area contributed by atoms with Crippen molar-refractivity contribution in [2.45, 2.75) is 38.7 Å². The van der Waals surface area contributed by atoms with Crippen molar-refractivity contribution in [1.82, 2.24) is 14.6 Å². The minimum Gasteiger partial charge on any atom is -0.478 e. The normalized spacial score (nSPS) is 11.8. The van der Waals surface area contributed by atoms with Crippen molar-refractivity contribution in [2.24, 2.45) is 0 Å². The van der Waals surface area contributed by atoms with Crippen LogP contribution in [-0.4, -0.2) is 42.3 Å². The van der Waals surface area contributed by atoms with Crippen molar-refractivity contribution in [1.29, 1.82) is 0 Å². The Bertz CT molecular complexity index is 1110. The quantitative estimate of drug-likeness (QED) is 0.542. The number of carboxylic acid groups (broad SMARTS) is 1. The first-order valence-electron chi connectivity index (χ1n) is 9.08. The topological polar surface area (TPSA) is 117 Å². The van der Waals surface area contributed by atoms with Crippen molar-refractivity contribution >= 4 is 23.1 Å². The molecule has 0 spiro atoms. The summed E-state index contributed by atoms with van der Waals surface area (Å²) in [6, 6.07) is 6.77. The van der Waals surface area contributed by atoms with E-state index in [1.807, 2.05) is 0 Å². The van der Waals surface area contributed by atoms with Gasteiger partial charge in [0.1, 0.15) is 17.0 Å². The van der Waals surface area contributed by atoms with E-state index in [0.29, 0.717) is 24.1 Å². The predicted octanol–water partition coefficient (Wildman–Crippen LogP) is 3.32. The monoisotopic (exact) mass is 418 g/mol. The maximum Gasteiger partial charge on any atom is 0.339 e. The average molecular weight is 418 g/mol. The summed E-state index contributed by atoms with van der Waals surface area (Å²) >= 11 is 0. The maximum absolute atomic E-state index is 12.8. The molecule has 0 bridgehead atoms. The summed E-state index contributed by atoms with van der Waals surface area (Å²) in [6.07, 6.45) is -0.653. The molecule has 8 nitrogen and oxygen atoms in total. The zero-order valence-electron chi connectivity index (χ0n) is 16.3. The minimum atomic E-state index is -2.84. The zero-order valence-corrected chi connectivity index (χ0v) is 16.3. The Morgan fingerprint density at radius 2 is 2.00 bits per heavy atom. The van der Waals surface area contributed by atoms with Crippen LogP contribution in [0.1, 0.15) is 58.9 Å². The molecular weight excluding hydrogens is 398 g/mol. The number of rotatable bonds is 7. The zero-order chi connectivity index (χ0) is 22.1. The second kappa shape index (κ2) is 8.15. The summed E-state index contributed by atoms with van der Waals surface area (Å²) in [5.74, 6) is -2.11. The molecule has 1 amide bonds. The molecule has 0 aliphatic heterocycles. The summed E-state index contributed by atoms with van der Waals surface area (Å²) in [4.78, 5) is 27.7. The average Bonchev–Trinajstić information content (AvgIpc) is 3.07. The fourth-order valence-corrected chi connectivity index (χ4v) is 2.81. The van der Waals surface area contributed by atoms with Gasteiger partial charge < -0.3 is 15.5 Å². The third kappa shape index (κ3) is 4.95. The Morgan fingerprint density at radius 3 is 2.63 bits per heavy atom. The highest BCUT2D eigenvalue weighted by Gasteiger charge is 2.19. The predicted molar refractivity (Wildman–Crippen MR) is 104 cm³/mol. The number of anilines is 1. The molecule has 0 saturated heterocycles. The number of hydrogen-bond acceptors (Lipinski definition) is 5. The second-order valence-electron chi connectivity index (χ2n) is 7.43. The molecule has 3 aromatic rings. The number of aliphatic hydroxyl groups is 1. The van der Waals surface area contributed by atoms with Crippen LogP contribution in [0.15, 0.2) is 36.5 Å². The van der Waals surface area contributed by atoms with E-state index < -0.39 is 29.6 Å². The number of amides is 1. The summed E-state index contributed by atoms with van der Waals surface area (Å²) in [6.45, 7) is 3.35. The molecule has 0 aliphatic rings. The number of nitrogens with zero attached hydrogens (tertiary/aromatic N) is 3. The fourth-order valence-electron chi connectivity index (χ4n) is 2.81. The van der Waals surface area contributed by atoms with Crippen LogP contribution < -0.4 is 5.32 Å². The first-order chi connectivity index (χ1) is 14.0. The molecule has 3 heterocycles.